The molecule has 31 heavy (non-hydrogen) atoms. The molecule has 1 unspecified atom stereocenters. The first-order chi connectivity index (χ1) is 14.9. The zero-order chi connectivity index (χ0) is 22.0. The summed E-state index contributed by atoms with van der Waals surface area (Å²) in [5, 5.41) is 8.23. The minimum absolute atomic E-state index is 0.0684. The van der Waals surface area contributed by atoms with Gasteiger partial charge in [0, 0.05) is 36.1 Å². The zero-order valence-electron chi connectivity index (χ0n) is 16.7. The highest BCUT2D eigenvalue weighted by Gasteiger charge is 2.34. The average Bonchev–Trinajstić information content (AvgIpc) is 3.43. The summed E-state index contributed by atoms with van der Waals surface area (Å²) in [5.74, 6) is -0.465. The number of nitrogens with zero attached hydrogens (tertiary/aromatic N) is 3. The predicted octanol–water partition coefficient (Wildman–Crippen LogP) is 3.54. The third-order valence-electron chi connectivity index (χ3n) is 5.05. The largest absolute Gasteiger partial charge is 0.339 e. The molecule has 1 N–H and O–H groups in total. The van der Waals surface area contributed by atoms with Gasteiger partial charge in [-0.15, -0.1) is 11.3 Å². The first-order valence-corrected chi connectivity index (χ1v) is 12.2. The van der Waals surface area contributed by atoms with Gasteiger partial charge >= 0.3 is 0 Å². The molecule has 1 amide bonds. The number of thiophene rings is 1. The standard InChI is InChI=1S/C20H21FN4O4S2/c1-2-17-23-19(24-29-17)14-9-18(30-12-14)31(27,28)25-8-4-5-13(11-25)20(26)22-16-7-3-6-15(21)10-16/h3,6-7,9-10,12-13H,2,4-5,8,11H2,1H3,(H,22,26). The van der Waals surface area contributed by atoms with E-state index >= 15 is 0 Å². The van der Waals surface area contributed by atoms with Crippen molar-refractivity contribution in [1.82, 2.24) is 14.4 Å². The number of aromatic nitrogens is 2. The highest BCUT2D eigenvalue weighted by molar-refractivity contribution is 7.91. The number of hydrogen-bond donors (Lipinski definition) is 1. The summed E-state index contributed by atoms with van der Waals surface area (Å²) in [6.45, 7) is 2.29. The molecule has 1 saturated heterocycles. The third kappa shape index (κ3) is 4.68. The van der Waals surface area contributed by atoms with Gasteiger partial charge in [0.15, 0.2) is 0 Å². The van der Waals surface area contributed by atoms with Crippen LogP contribution in [-0.2, 0) is 21.2 Å². The van der Waals surface area contributed by atoms with Crippen LogP contribution < -0.4 is 5.32 Å². The van der Waals surface area contributed by atoms with E-state index in [2.05, 4.69) is 15.5 Å². The normalized spacial score (nSPS) is 17.5. The molecule has 2 aromatic heterocycles. The number of sulfonamides is 1. The SMILES string of the molecule is CCc1nc(-c2csc(S(=O)(=O)N3CCCC(C(=O)Nc4cccc(F)c4)C3)c2)no1. The minimum atomic E-state index is -3.77. The number of benzene rings is 1. The maximum absolute atomic E-state index is 13.4. The second-order valence-electron chi connectivity index (χ2n) is 7.22. The Morgan fingerprint density at radius 2 is 2.23 bits per heavy atom. The van der Waals surface area contributed by atoms with Gasteiger partial charge in [0.25, 0.3) is 10.0 Å². The lowest BCUT2D eigenvalue weighted by Gasteiger charge is -2.30. The Bertz CT molecular complexity index is 1190. The molecular formula is C20H21FN4O4S2. The monoisotopic (exact) mass is 464 g/mol. The molecule has 0 spiro atoms. The number of aryl methyl sites for hydroxylation is 1. The molecule has 11 heteroatoms. The van der Waals surface area contributed by atoms with Gasteiger partial charge in [0.2, 0.25) is 17.6 Å². The van der Waals surface area contributed by atoms with Crippen molar-refractivity contribution in [2.45, 2.75) is 30.4 Å². The molecule has 164 valence electrons. The van der Waals surface area contributed by atoms with E-state index in [4.69, 9.17) is 4.52 Å². The molecule has 1 aliphatic rings. The van der Waals surface area contributed by atoms with Gasteiger partial charge in [-0.25, -0.2) is 12.8 Å². The summed E-state index contributed by atoms with van der Waals surface area (Å²) in [4.78, 5) is 16.9. The van der Waals surface area contributed by atoms with Crippen molar-refractivity contribution in [3.05, 3.63) is 47.4 Å². The number of rotatable bonds is 6. The predicted molar refractivity (Wildman–Crippen MR) is 114 cm³/mol. The molecule has 1 atom stereocenters. The molecule has 3 heterocycles. The second-order valence-corrected chi connectivity index (χ2v) is 10.3. The summed E-state index contributed by atoms with van der Waals surface area (Å²) in [7, 11) is -3.77. The van der Waals surface area contributed by atoms with Gasteiger partial charge in [-0.2, -0.15) is 9.29 Å². The Kier molecular flexibility index (Phi) is 6.17. The smallest absolute Gasteiger partial charge is 0.252 e. The van der Waals surface area contributed by atoms with Crippen molar-refractivity contribution in [3.63, 3.8) is 0 Å². The zero-order valence-corrected chi connectivity index (χ0v) is 18.4. The van der Waals surface area contributed by atoms with Gasteiger partial charge < -0.3 is 9.84 Å². The van der Waals surface area contributed by atoms with Crippen LogP contribution in [0.25, 0.3) is 11.4 Å². The summed E-state index contributed by atoms with van der Waals surface area (Å²) < 4.78 is 46.3. The first-order valence-electron chi connectivity index (χ1n) is 9.85. The van der Waals surface area contributed by atoms with E-state index < -0.39 is 21.8 Å². The molecule has 4 rings (SSSR count). The van der Waals surface area contributed by atoms with Gasteiger partial charge in [-0.05, 0) is 37.1 Å². The van der Waals surface area contributed by atoms with Crippen molar-refractivity contribution in [3.8, 4) is 11.4 Å². The first kappa shape index (κ1) is 21.6. The van der Waals surface area contributed by atoms with E-state index in [-0.39, 0.29) is 16.7 Å². The van der Waals surface area contributed by atoms with E-state index in [1.807, 2.05) is 6.92 Å². The average molecular weight is 465 g/mol. The van der Waals surface area contributed by atoms with E-state index in [9.17, 15) is 17.6 Å². The van der Waals surface area contributed by atoms with Crippen LogP contribution in [0, 0.1) is 11.7 Å². The molecule has 8 nitrogen and oxygen atoms in total. The topological polar surface area (TPSA) is 105 Å². The van der Waals surface area contributed by atoms with Crippen LogP contribution in [0.15, 0.2) is 44.4 Å². The Morgan fingerprint density at radius 3 is 2.97 bits per heavy atom. The fraction of sp³-hybridized carbons (Fsp3) is 0.350. The second kappa shape index (κ2) is 8.85. The number of anilines is 1. The molecule has 0 saturated carbocycles. The summed E-state index contributed by atoms with van der Waals surface area (Å²) >= 11 is 1.08. The Morgan fingerprint density at radius 1 is 1.39 bits per heavy atom. The van der Waals surface area contributed by atoms with Crippen molar-refractivity contribution >= 4 is 33.0 Å². The Balaban J connectivity index is 1.47. The Labute approximate surface area is 183 Å². The molecule has 0 radical (unpaired) electrons. The van der Waals surface area contributed by atoms with Crippen molar-refractivity contribution in [2.75, 3.05) is 18.4 Å². The molecule has 1 aliphatic heterocycles. The number of hydrogen-bond acceptors (Lipinski definition) is 7. The van der Waals surface area contributed by atoms with Crippen molar-refractivity contribution < 1.29 is 22.1 Å². The fourth-order valence-corrected chi connectivity index (χ4v) is 6.23. The maximum atomic E-state index is 13.4. The van der Waals surface area contributed by atoms with Crippen LogP contribution in [-0.4, -0.2) is 41.9 Å². The van der Waals surface area contributed by atoms with E-state index in [1.54, 1.807) is 11.4 Å². The van der Waals surface area contributed by atoms with Crippen LogP contribution in [0.3, 0.4) is 0 Å². The lowest BCUT2D eigenvalue weighted by Crippen LogP contribution is -2.43. The van der Waals surface area contributed by atoms with Crippen LogP contribution >= 0.6 is 11.3 Å². The van der Waals surface area contributed by atoms with Crippen LogP contribution in [0.2, 0.25) is 0 Å². The molecule has 1 aromatic carbocycles. The third-order valence-corrected chi connectivity index (χ3v) is 8.33. The van der Waals surface area contributed by atoms with Crippen molar-refractivity contribution in [2.24, 2.45) is 5.92 Å². The molecule has 0 aliphatic carbocycles. The number of carbonyl (C=O) groups is 1. The van der Waals surface area contributed by atoms with Gasteiger partial charge in [0.1, 0.15) is 10.0 Å². The van der Waals surface area contributed by atoms with E-state index in [0.29, 0.717) is 48.8 Å². The highest BCUT2D eigenvalue weighted by Crippen LogP contribution is 2.31. The lowest BCUT2D eigenvalue weighted by molar-refractivity contribution is -0.120. The maximum Gasteiger partial charge on any atom is 0.252 e. The van der Waals surface area contributed by atoms with Crippen LogP contribution in [0.5, 0.6) is 0 Å². The molecular weight excluding hydrogens is 443 g/mol. The quantitative estimate of drug-likeness (QED) is 0.598. The fourth-order valence-electron chi connectivity index (χ4n) is 3.40. The highest BCUT2D eigenvalue weighted by atomic mass is 32.2. The summed E-state index contributed by atoms with van der Waals surface area (Å²) in [5.41, 5.74) is 0.920. The van der Waals surface area contributed by atoms with E-state index in [1.165, 1.54) is 28.6 Å². The van der Waals surface area contributed by atoms with Gasteiger partial charge in [-0.1, -0.05) is 18.1 Å². The number of carbonyl (C=O) groups excluding carboxylic acids is 1. The molecule has 3 aromatic rings. The number of amides is 1. The van der Waals surface area contributed by atoms with Gasteiger partial charge in [0.05, 0.1) is 5.92 Å². The minimum Gasteiger partial charge on any atom is -0.339 e. The lowest BCUT2D eigenvalue weighted by atomic mass is 9.99. The number of nitrogens with one attached hydrogen (secondary N) is 1. The van der Waals surface area contributed by atoms with Gasteiger partial charge in [-0.3, -0.25) is 4.79 Å². The molecule has 0 bridgehead atoms. The van der Waals surface area contributed by atoms with Crippen molar-refractivity contribution in [1.29, 1.82) is 0 Å². The van der Waals surface area contributed by atoms with Crippen LogP contribution in [0.4, 0.5) is 10.1 Å². The van der Waals surface area contributed by atoms with E-state index in [0.717, 1.165) is 11.3 Å². The summed E-state index contributed by atoms with van der Waals surface area (Å²) in [6, 6.07) is 7.14. The Hall–Kier alpha value is -2.63. The molecule has 1 fully saturated rings. The summed E-state index contributed by atoms with van der Waals surface area (Å²) in [6.07, 6.45) is 1.71. The number of piperidine rings is 1. The van der Waals surface area contributed by atoms with Crippen LogP contribution in [0.1, 0.15) is 25.7 Å². The number of halogens is 1.